The summed E-state index contributed by atoms with van der Waals surface area (Å²) in [5, 5.41) is 10.9. The number of nitrogens with zero attached hydrogens (tertiary/aromatic N) is 1. The summed E-state index contributed by atoms with van der Waals surface area (Å²) < 4.78 is 18.2. The van der Waals surface area contributed by atoms with Crippen LogP contribution in [-0.2, 0) is 25.7 Å². The van der Waals surface area contributed by atoms with E-state index < -0.39 is 16.8 Å². The molecule has 2 aliphatic rings. The summed E-state index contributed by atoms with van der Waals surface area (Å²) in [4.78, 5) is 36.0. The van der Waals surface area contributed by atoms with E-state index in [1.165, 1.54) is 19.2 Å². The number of nitrogens with two attached hydrogens (primary N) is 1. The Balaban J connectivity index is 1.68. The molecule has 9 nitrogen and oxygen atoms in total. The van der Waals surface area contributed by atoms with Crippen LogP contribution in [0.5, 0.6) is 5.75 Å². The van der Waals surface area contributed by atoms with E-state index in [1.807, 2.05) is 12.1 Å². The van der Waals surface area contributed by atoms with Gasteiger partial charge in [0, 0.05) is 30.5 Å². The standard InChI is InChI=1S/C24H20I2N2O7/c1-33-24(30)21-19(20-17(29)3-2-4-18(20)35-23(21)27)13-9-15(25)22(16(26)10-13)34-11-12-5-7-14(8-6-12)28(31)32/h5-10,19H,2-4,11,27H2,1H3/t19-/m1/s1. The highest BCUT2D eigenvalue weighted by atomic mass is 127. The first-order valence-corrected chi connectivity index (χ1v) is 12.7. The van der Waals surface area contributed by atoms with Crippen molar-refractivity contribution in [2.75, 3.05) is 7.11 Å². The van der Waals surface area contributed by atoms with Crippen molar-refractivity contribution in [3.63, 3.8) is 0 Å². The molecule has 0 saturated carbocycles. The third-order valence-electron chi connectivity index (χ3n) is 5.77. The largest absolute Gasteiger partial charge is 0.487 e. The maximum Gasteiger partial charge on any atom is 0.340 e. The second kappa shape index (κ2) is 10.5. The van der Waals surface area contributed by atoms with Crippen molar-refractivity contribution in [1.29, 1.82) is 0 Å². The van der Waals surface area contributed by atoms with Crippen LogP contribution in [0.3, 0.4) is 0 Å². The first kappa shape index (κ1) is 25.4. The van der Waals surface area contributed by atoms with Gasteiger partial charge in [0.05, 0.1) is 25.1 Å². The van der Waals surface area contributed by atoms with Gasteiger partial charge in [-0.1, -0.05) is 0 Å². The van der Waals surface area contributed by atoms with Crippen LogP contribution >= 0.6 is 45.2 Å². The minimum atomic E-state index is -0.704. The molecule has 0 saturated heterocycles. The van der Waals surface area contributed by atoms with E-state index in [4.69, 9.17) is 19.9 Å². The van der Waals surface area contributed by atoms with Gasteiger partial charge >= 0.3 is 5.97 Å². The van der Waals surface area contributed by atoms with Crippen LogP contribution in [-0.4, -0.2) is 23.8 Å². The molecule has 0 amide bonds. The molecule has 1 atom stereocenters. The molecule has 35 heavy (non-hydrogen) atoms. The number of halogens is 2. The second-order valence-electron chi connectivity index (χ2n) is 7.94. The summed E-state index contributed by atoms with van der Waals surface area (Å²) in [6.07, 6.45) is 1.60. The van der Waals surface area contributed by atoms with E-state index in [-0.39, 0.29) is 29.5 Å². The first-order chi connectivity index (χ1) is 16.7. The van der Waals surface area contributed by atoms with Crippen molar-refractivity contribution in [3.05, 3.63) is 87.6 Å². The third-order valence-corrected chi connectivity index (χ3v) is 7.38. The van der Waals surface area contributed by atoms with Crippen molar-refractivity contribution in [2.24, 2.45) is 5.73 Å². The van der Waals surface area contributed by atoms with Crippen molar-refractivity contribution >= 4 is 62.6 Å². The van der Waals surface area contributed by atoms with Gasteiger partial charge in [0.15, 0.2) is 5.78 Å². The van der Waals surface area contributed by atoms with Gasteiger partial charge in [-0.15, -0.1) is 0 Å². The lowest BCUT2D eigenvalue weighted by Gasteiger charge is -2.32. The number of ketones is 1. The molecule has 0 bridgehead atoms. The molecule has 1 aliphatic carbocycles. The predicted octanol–water partition coefficient (Wildman–Crippen LogP) is 4.85. The maximum absolute atomic E-state index is 12.9. The van der Waals surface area contributed by atoms with Gasteiger partial charge < -0.3 is 19.9 Å². The number of benzene rings is 2. The lowest BCUT2D eigenvalue weighted by atomic mass is 9.77. The van der Waals surface area contributed by atoms with E-state index in [1.54, 1.807) is 12.1 Å². The Bertz CT molecular complexity index is 1260. The number of esters is 1. The smallest absolute Gasteiger partial charge is 0.340 e. The van der Waals surface area contributed by atoms with Crippen molar-refractivity contribution in [3.8, 4) is 5.75 Å². The maximum atomic E-state index is 12.9. The number of carbonyl (C=O) groups is 2. The second-order valence-corrected chi connectivity index (χ2v) is 10.3. The summed E-state index contributed by atoms with van der Waals surface area (Å²) in [6.45, 7) is 0.217. The van der Waals surface area contributed by atoms with Crippen LogP contribution in [0.4, 0.5) is 5.69 Å². The summed E-state index contributed by atoms with van der Waals surface area (Å²) >= 11 is 4.28. The van der Waals surface area contributed by atoms with Crippen LogP contribution in [0.2, 0.25) is 0 Å². The lowest BCUT2D eigenvalue weighted by Crippen LogP contribution is -2.31. The summed E-state index contributed by atoms with van der Waals surface area (Å²) in [5.74, 6) is -0.362. The normalized spacial score (nSPS) is 17.6. The Morgan fingerprint density at radius 3 is 2.46 bits per heavy atom. The Kier molecular flexibility index (Phi) is 7.64. The Morgan fingerprint density at radius 1 is 1.20 bits per heavy atom. The number of nitro groups is 1. The summed E-state index contributed by atoms with van der Waals surface area (Å²) in [5.41, 5.74) is 8.17. The zero-order valence-electron chi connectivity index (χ0n) is 18.5. The van der Waals surface area contributed by atoms with Gasteiger partial charge in [-0.05, 0) is 87.0 Å². The first-order valence-electron chi connectivity index (χ1n) is 10.6. The van der Waals surface area contributed by atoms with Crippen LogP contribution in [0.15, 0.2) is 59.2 Å². The lowest BCUT2D eigenvalue weighted by molar-refractivity contribution is -0.384. The molecule has 1 heterocycles. The van der Waals surface area contributed by atoms with Gasteiger partial charge in [0.2, 0.25) is 5.88 Å². The minimum Gasteiger partial charge on any atom is -0.487 e. The Hall–Kier alpha value is -2.68. The van der Waals surface area contributed by atoms with Gasteiger partial charge in [-0.3, -0.25) is 14.9 Å². The molecular weight excluding hydrogens is 682 g/mol. The highest BCUT2D eigenvalue weighted by molar-refractivity contribution is 14.1. The molecule has 182 valence electrons. The zero-order chi connectivity index (χ0) is 25.3. The molecule has 2 N–H and O–H groups in total. The topological polar surface area (TPSA) is 131 Å². The summed E-state index contributed by atoms with van der Waals surface area (Å²) in [6, 6.07) is 9.86. The highest BCUT2D eigenvalue weighted by Gasteiger charge is 2.41. The van der Waals surface area contributed by atoms with Crippen LogP contribution < -0.4 is 10.5 Å². The molecule has 2 aromatic rings. The number of allylic oxidation sites excluding steroid dienone is 2. The van der Waals surface area contributed by atoms with E-state index in [9.17, 15) is 19.7 Å². The monoisotopic (exact) mass is 702 g/mol. The van der Waals surface area contributed by atoms with E-state index in [0.29, 0.717) is 41.9 Å². The SMILES string of the molecule is COC(=O)C1=C(N)OC2=C(C(=O)CCC2)[C@H]1c1cc(I)c(OCc2ccc([N+](=O)[O-])cc2)c(I)c1. The quantitative estimate of drug-likeness (QED) is 0.196. The molecule has 0 fully saturated rings. The molecular formula is C24H20I2N2O7. The highest BCUT2D eigenvalue weighted by Crippen LogP contribution is 2.45. The summed E-state index contributed by atoms with van der Waals surface area (Å²) in [7, 11) is 1.26. The number of nitro benzene ring substituents is 1. The molecule has 0 spiro atoms. The number of hydrogen-bond acceptors (Lipinski definition) is 8. The third kappa shape index (κ3) is 5.15. The number of methoxy groups -OCH3 is 1. The molecule has 0 unspecified atom stereocenters. The fourth-order valence-electron chi connectivity index (χ4n) is 4.15. The van der Waals surface area contributed by atoms with E-state index in [2.05, 4.69) is 45.2 Å². The number of Topliss-reactive ketones (excluding diaryl/α,β-unsaturated/α-hetero) is 1. The number of rotatable bonds is 6. The Morgan fingerprint density at radius 2 is 1.86 bits per heavy atom. The predicted molar refractivity (Wildman–Crippen MR) is 142 cm³/mol. The number of non-ortho nitro benzene ring substituents is 1. The van der Waals surface area contributed by atoms with Crippen molar-refractivity contribution in [2.45, 2.75) is 31.8 Å². The minimum absolute atomic E-state index is 0.0124. The fourth-order valence-corrected chi connectivity index (χ4v) is 6.28. The van der Waals surface area contributed by atoms with Crippen LogP contribution in [0.1, 0.15) is 36.3 Å². The Labute approximate surface area is 228 Å². The average molecular weight is 702 g/mol. The van der Waals surface area contributed by atoms with Crippen molar-refractivity contribution in [1.82, 2.24) is 0 Å². The molecule has 11 heteroatoms. The van der Waals surface area contributed by atoms with Gasteiger partial charge in [0.1, 0.15) is 23.7 Å². The van der Waals surface area contributed by atoms with Gasteiger partial charge in [-0.2, -0.15) is 0 Å². The van der Waals surface area contributed by atoms with Crippen molar-refractivity contribution < 1.29 is 28.7 Å². The van der Waals surface area contributed by atoms with E-state index in [0.717, 1.165) is 12.7 Å². The van der Waals surface area contributed by atoms with Gasteiger partial charge in [0.25, 0.3) is 5.69 Å². The van der Waals surface area contributed by atoms with Gasteiger partial charge in [-0.25, -0.2) is 4.79 Å². The molecule has 1 aliphatic heterocycles. The van der Waals surface area contributed by atoms with Crippen LogP contribution in [0.25, 0.3) is 0 Å². The molecule has 2 aromatic carbocycles. The zero-order valence-corrected chi connectivity index (χ0v) is 22.8. The van der Waals surface area contributed by atoms with E-state index >= 15 is 0 Å². The molecule has 0 aromatic heterocycles. The van der Waals surface area contributed by atoms with Crippen LogP contribution in [0, 0.1) is 17.3 Å². The average Bonchev–Trinajstić information content (AvgIpc) is 2.82. The molecule has 4 rings (SSSR count). The number of ether oxygens (including phenoxy) is 3. The molecule has 0 radical (unpaired) electrons. The number of carbonyl (C=O) groups excluding carboxylic acids is 2. The number of hydrogen-bond donors (Lipinski definition) is 1. The fraction of sp³-hybridized carbons (Fsp3) is 0.250.